The second kappa shape index (κ2) is 7.45. The molecule has 2 rings (SSSR count). The molecule has 0 spiro atoms. The highest BCUT2D eigenvalue weighted by molar-refractivity contribution is 6.06. The summed E-state index contributed by atoms with van der Waals surface area (Å²) in [4.78, 5) is 22.9. The van der Waals surface area contributed by atoms with E-state index in [-0.39, 0.29) is 23.1 Å². The fraction of sp³-hybridized carbons (Fsp3) is 0.235. The van der Waals surface area contributed by atoms with E-state index in [1.807, 2.05) is 13.8 Å². The molecule has 126 valence electrons. The van der Waals surface area contributed by atoms with Crippen LogP contribution in [-0.2, 0) is 0 Å². The standard InChI is InChI=1S/C17H18N2O5/c1-11(2)24-16-8-7-13(19(21)22)10-15(16)17(20)18-12-5-4-6-14(9-12)23-3/h4-11H,1-3H3,(H,18,20). The number of rotatable bonds is 6. The molecule has 7 nitrogen and oxygen atoms in total. The number of ether oxygens (including phenoxy) is 2. The van der Waals surface area contributed by atoms with Crippen molar-refractivity contribution in [1.82, 2.24) is 0 Å². The maximum absolute atomic E-state index is 12.5. The van der Waals surface area contributed by atoms with Crippen molar-refractivity contribution in [1.29, 1.82) is 0 Å². The third-order valence-electron chi connectivity index (χ3n) is 3.11. The minimum atomic E-state index is -0.554. The van der Waals surface area contributed by atoms with Crippen molar-refractivity contribution < 1.29 is 19.2 Å². The Hall–Kier alpha value is -3.09. The van der Waals surface area contributed by atoms with Crippen LogP contribution in [0.4, 0.5) is 11.4 Å². The van der Waals surface area contributed by atoms with E-state index in [4.69, 9.17) is 9.47 Å². The molecule has 1 amide bonds. The smallest absolute Gasteiger partial charge is 0.270 e. The van der Waals surface area contributed by atoms with Crippen molar-refractivity contribution in [2.75, 3.05) is 12.4 Å². The molecule has 0 fully saturated rings. The summed E-state index contributed by atoms with van der Waals surface area (Å²) < 4.78 is 10.7. The number of anilines is 1. The molecule has 2 aromatic rings. The second-order valence-electron chi connectivity index (χ2n) is 5.29. The molecule has 0 saturated heterocycles. The van der Waals surface area contributed by atoms with E-state index in [0.29, 0.717) is 11.4 Å². The fourth-order valence-electron chi connectivity index (χ4n) is 2.06. The van der Waals surface area contributed by atoms with Crippen molar-refractivity contribution in [2.45, 2.75) is 20.0 Å². The van der Waals surface area contributed by atoms with E-state index in [1.54, 1.807) is 24.3 Å². The Labute approximate surface area is 139 Å². The molecule has 0 heterocycles. The Morgan fingerprint density at radius 3 is 2.58 bits per heavy atom. The predicted octanol–water partition coefficient (Wildman–Crippen LogP) is 3.64. The Morgan fingerprint density at radius 2 is 1.96 bits per heavy atom. The van der Waals surface area contributed by atoms with Gasteiger partial charge >= 0.3 is 0 Å². The van der Waals surface area contributed by atoms with Crippen LogP contribution in [0.15, 0.2) is 42.5 Å². The number of benzene rings is 2. The highest BCUT2D eigenvalue weighted by Gasteiger charge is 2.19. The van der Waals surface area contributed by atoms with Gasteiger partial charge in [-0.15, -0.1) is 0 Å². The summed E-state index contributed by atoms with van der Waals surface area (Å²) >= 11 is 0. The first-order valence-electron chi connectivity index (χ1n) is 7.31. The average Bonchev–Trinajstić information content (AvgIpc) is 2.54. The number of nitrogens with one attached hydrogen (secondary N) is 1. The quantitative estimate of drug-likeness (QED) is 0.645. The predicted molar refractivity (Wildman–Crippen MR) is 89.8 cm³/mol. The lowest BCUT2D eigenvalue weighted by Gasteiger charge is -2.14. The topological polar surface area (TPSA) is 90.7 Å². The molecule has 2 aromatic carbocycles. The van der Waals surface area contributed by atoms with Gasteiger partial charge in [0.05, 0.1) is 23.7 Å². The minimum Gasteiger partial charge on any atom is -0.497 e. The zero-order chi connectivity index (χ0) is 17.7. The number of amides is 1. The van der Waals surface area contributed by atoms with Crippen molar-refractivity contribution >= 4 is 17.3 Å². The van der Waals surface area contributed by atoms with Gasteiger partial charge in [-0.2, -0.15) is 0 Å². The molecule has 0 atom stereocenters. The van der Waals surface area contributed by atoms with Gasteiger partial charge in [0.1, 0.15) is 11.5 Å². The third-order valence-corrected chi connectivity index (χ3v) is 3.11. The fourth-order valence-corrected chi connectivity index (χ4v) is 2.06. The van der Waals surface area contributed by atoms with Crippen LogP contribution in [0.25, 0.3) is 0 Å². The summed E-state index contributed by atoms with van der Waals surface area (Å²) in [5.41, 5.74) is 0.434. The zero-order valence-electron chi connectivity index (χ0n) is 13.6. The highest BCUT2D eigenvalue weighted by atomic mass is 16.6. The summed E-state index contributed by atoms with van der Waals surface area (Å²) in [6.45, 7) is 3.62. The number of carbonyl (C=O) groups excluding carboxylic acids is 1. The van der Waals surface area contributed by atoms with Gasteiger partial charge in [0.2, 0.25) is 0 Å². The largest absolute Gasteiger partial charge is 0.497 e. The molecule has 0 aliphatic heterocycles. The summed E-state index contributed by atoms with van der Waals surface area (Å²) in [6.07, 6.45) is -0.171. The van der Waals surface area contributed by atoms with E-state index in [9.17, 15) is 14.9 Å². The molecule has 0 unspecified atom stereocenters. The normalized spacial score (nSPS) is 10.3. The molecule has 24 heavy (non-hydrogen) atoms. The lowest BCUT2D eigenvalue weighted by Crippen LogP contribution is -2.16. The maximum Gasteiger partial charge on any atom is 0.270 e. The van der Waals surface area contributed by atoms with Crippen LogP contribution < -0.4 is 14.8 Å². The van der Waals surface area contributed by atoms with Gasteiger partial charge in [0.25, 0.3) is 11.6 Å². The van der Waals surface area contributed by atoms with E-state index in [1.165, 1.54) is 25.3 Å². The summed E-state index contributed by atoms with van der Waals surface area (Å²) in [7, 11) is 1.52. The van der Waals surface area contributed by atoms with E-state index in [2.05, 4.69) is 5.32 Å². The number of nitrogens with zero attached hydrogens (tertiary/aromatic N) is 1. The molecule has 0 saturated carbocycles. The second-order valence-corrected chi connectivity index (χ2v) is 5.29. The molecule has 7 heteroatoms. The number of hydrogen-bond donors (Lipinski definition) is 1. The SMILES string of the molecule is COc1cccc(NC(=O)c2cc([N+](=O)[O-])ccc2OC(C)C)c1. The van der Waals surface area contributed by atoms with Gasteiger partial charge in [-0.25, -0.2) is 0 Å². The number of nitro benzene ring substituents is 1. The Kier molecular flexibility index (Phi) is 5.36. The first-order valence-corrected chi connectivity index (χ1v) is 7.31. The summed E-state index contributed by atoms with van der Waals surface area (Å²) in [6, 6.07) is 10.8. The zero-order valence-corrected chi connectivity index (χ0v) is 13.6. The minimum absolute atomic E-state index is 0.0979. The third kappa shape index (κ3) is 4.22. The van der Waals surface area contributed by atoms with Crippen molar-refractivity contribution in [2.24, 2.45) is 0 Å². The lowest BCUT2D eigenvalue weighted by atomic mass is 10.1. The lowest BCUT2D eigenvalue weighted by molar-refractivity contribution is -0.384. The molecule has 0 aliphatic rings. The van der Waals surface area contributed by atoms with Crippen LogP contribution in [0.2, 0.25) is 0 Å². The molecule has 1 N–H and O–H groups in total. The molecular formula is C17H18N2O5. The summed E-state index contributed by atoms with van der Waals surface area (Å²) in [5.74, 6) is 0.379. The van der Waals surface area contributed by atoms with Crippen LogP contribution in [0.1, 0.15) is 24.2 Å². The molecule has 0 radical (unpaired) electrons. The first kappa shape index (κ1) is 17.3. The molecule has 0 aliphatic carbocycles. The molecule has 0 aromatic heterocycles. The molecular weight excluding hydrogens is 312 g/mol. The van der Waals surface area contributed by atoms with E-state index in [0.717, 1.165) is 0 Å². The Bertz CT molecular complexity index is 758. The highest BCUT2D eigenvalue weighted by Crippen LogP contribution is 2.26. The van der Waals surface area contributed by atoms with Gasteiger partial charge in [-0.1, -0.05) is 6.07 Å². The van der Waals surface area contributed by atoms with Gasteiger partial charge in [0.15, 0.2) is 0 Å². The van der Waals surface area contributed by atoms with Gasteiger partial charge in [-0.05, 0) is 32.0 Å². The van der Waals surface area contributed by atoms with Crippen LogP contribution in [0.5, 0.6) is 11.5 Å². The van der Waals surface area contributed by atoms with Gasteiger partial charge < -0.3 is 14.8 Å². The number of carbonyl (C=O) groups is 1. The summed E-state index contributed by atoms with van der Waals surface area (Å²) in [5, 5.41) is 13.7. The average molecular weight is 330 g/mol. The van der Waals surface area contributed by atoms with Crippen molar-refractivity contribution in [3.63, 3.8) is 0 Å². The van der Waals surface area contributed by atoms with Gasteiger partial charge in [-0.3, -0.25) is 14.9 Å². The maximum atomic E-state index is 12.5. The number of non-ortho nitro benzene ring substituents is 1. The number of nitro groups is 1. The number of hydrogen-bond acceptors (Lipinski definition) is 5. The van der Waals surface area contributed by atoms with Crippen LogP contribution in [0.3, 0.4) is 0 Å². The van der Waals surface area contributed by atoms with Crippen molar-refractivity contribution in [3.8, 4) is 11.5 Å². The van der Waals surface area contributed by atoms with Crippen LogP contribution in [-0.4, -0.2) is 24.0 Å². The van der Waals surface area contributed by atoms with Crippen LogP contribution >= 0.6 is 0 Å². The van der Waals surface area contributed by atoms with E-state index >= 15 is 0 Å². The molecule has 0 bridgehead atoms. The van der Waals surface area contributed by atoms with Crippen LogP contribution in [0, 0.1) is 10.1 Å². The Morgan fingerprint density at radius 1 is 1.21 bits per heavy atom. The monoisotopic (exact) mass is 330 g/mol. The first-order chi connectivity index (χ1) is 11.4. The van der Waals surface area contributed by atoms with E-state index < -0.39 is 10.8 Å². The van der Waals surface area contributed by atoms with Crippen molar-refractivity contribution in [3.05, 3.63) is 58.1 Å². The Balaban J connectivity index is 2.34. The number of methoxy groups -OCH3 is 1. The van der Waals surface area contributed by atoms with Gasteiger partial charge in [0, 0.05) is 23.9 Å².